The van der Waals surface area contributed by atoms with Crippen LogP contribution in [0.2, 0.25) is 0 Å². The monoisotopic (exact) mass is 510 g/mol. The van der Waals surface area contributed by atoms with Crippen molar-refractivity contribution in [1.82, 2.24) is 0 Å². The average Bonchev–Trinajstić information content (AvgIpc) is 2.84. The first kappa shape index (κ1) is 28.5. The van der Waals surface area contributed by atoms with E-state index in [2.05, 4.69) is 23.5 Å². The smallest absolute Gasteiger partial charge is 0.399 e. The van der Waals surface area contributed by atoms with Gasteiger partial charge in [-0.25, -0.2) is 8.78 Å². The topological polar surface area (TPSA) is 9.23 Å². The van der Waals surface area contributed by atoms with Gasteiger partial charge in [-0.05, 0) is 67.6 Å². The van der Waals surface area contributed by atoms with Crippen molar-refractivity contribution in [2.24, 2.45) is 23.7 Å². The maximum absolute atomic E-state index is 13.8. The molecule has 0 spiro atoms. The zero-order chi connectivity index (χ0) is 26.0. The van der Waals surface area contributed by atoms with Crippen LogP contribution in [0.25, 0.3) is 0 Å². The molecule has 0 radical (unpaired) electrons. The highest BCUT2D eigenvalue weighted by Gasteiger charge is 2.34. The van der Waals surface area contributed by atoms with Crippen LogP contribution in [-0.2, 0) is 0 Å². The molecular formula is C30H39F5O. The van der Waals surface area contributed by atoms with E-state index in [1.54, 1.807) is 6.08 Å². The predicted molar refractivity (Wildman–Crippen MR) is 133 cm³/mol. The summed E-state index contributed by atoms with van der Waals surface area (Å²) < 4.78 is 67.7. The van der Waals surface area contributed by atoms with Crippen LogP contribution in [0.4, 0.5) is 22.0 Å². The third kappa shape index (κ3) is 9.79. The first-order valence-corrected chi connectivity index (χ1v) is 13.7. The Kier molecular flexibility index (Phi) is 11.1. The van der Waals surface area contributed by atoms with E-state index in [0.717, 1.165) is 42.7 Å². The number of ether oxygens (including phenoxy) is 1. The van der Waals surface area contributed by atoms with E-state index >= 15 is 0 Å². The maximum Gasteiger partial charge on any atom is 0.573 e. The van der Waals surface area contributed by atoms with Gasteiger partial charge in [0.2, 0.25) is 5.75 Å². The minimum atomic E-state index is -5.16. The number of hydrogen-bond acceptors (Lipinski definition) is 1. The van der Waals surface area contributed by atoms with E-state index in [1.165, 1.54) is 77.0 Å². The Bertz CT molecular complexity index is 871. The molecule has 1 aromatic carbocycles. The lowest BCUT2D eigenvalue weighted by Gasteiger charge is -2.31. The molecule has 3 rings (SSSR count). The van der Waals surface area contributed by atoms with Crippen molar-refractivity contribution in [2.75, 3.05) is 0 Å². The number of alkyl halides is 3. The molecule has 0 atom stereocenters. The van der Waals surface area contributed by atoms with Gasteiger partial charge in [-0.1, -0.05) is 89.0 Å². The molecular weight excluding hydrogens is 471 g/mol. The molecule has 2 aliphatic rings. The van der Waals surface area contributed by atoms with Gasteiger partial charge < -0.3 is 4.74 Å². The Balaban J connectivity index is 1.35. The maximum atomic E-state index is 13.8. The van der Waals surface area contributed by atoms with E-state index in [9.17, 15) is 22.0 Å². The number of unbranched alkanes of at least 4 members (excludes halogenated alkanes) is 2. The van der Waals surface area contributed by atoms with E-state index in [-0.39, 0.29) is 5.56 Å². The van der Waals surface area contributed by atoms with Gasteiger partial charge in [0.25, 0.3) is 0 Å². The largest absolute Gasteiger partial charge is 0.573 e. The predicted octanol–water partition coefficient (Wildman–Crippen LogP) is 9.74. The van der Waals surface area contributed by atoms with Crippen molar-refractivity contribution in [3.05, 3.63) is 41.5 Å². The summed E-state index contributed by atoms with van der Waals surface area (Å²) in [4.78, 5) is 0. The standard InChI is InChI=1S/C30H39F5O/c1-2-3-4-7-22-10-14-24(15-11-22)18-19-25-16-12-23(13-17-25)8-5-6-9-26-20-27(31)29(28(32)21-26)36-30(33,34)35/h5,8,20-25H,2-4,7,10-19H2,1H3/b8-5+. The van der Waals surface area contributed by atoms with Crippen LogP contribution in [0, 0.1) is 47.1 Å². The molecule has 6 heteroatoms. The van der Waals surface area contributed by atoms with E-state index in [0.29, 0.717) is 5.92 Å². The summed E-state index contributed by atoms with van der Waals surface area (Å²) in [6.07, 6.45) is 17.2. The number of halogens is 5. The van der Waals surface area contributed by atoms with Crippen LogP contribution >= 0.6 is 0 Å². The molecule has 2 aliphatic carbocycles. The second kappa shape index (κ2) is 14.1. The lowest BCUT2D eigenvalue weighted by atomic mass is 9.75. The first-order chi connectivity index (χ1) is 17.2. The normalized spacial score (nSPS) is 24.9. The summed E-state index contributed by atoms with van der Waals surface area (Å²) in [5.41, 5.74) is -0.0390. The summed E-state index contributed by atoms with van der Waals surface area (Å²) >= 11 is 0. The van der Waals surface area contributed by atoms with Crippen molar-refractivity contribution in [1.29, 1.82) is 0 Å². The zero-order valence-electron chi connectivity index (χ0n) is 21.3. The Labute approximate surface area is 212 Å². The van der Waals surface area contributed by atoms with Gasteiger partial charge >= 0.3 is 6.36 Å². The molecule has 2 fully saturated rings. The number of hydrogen-bond donors (Lipinski definition) is 0. The SMILES string of the molecule is CCCCCC1CCC(CCC2CCC(/C=C/C#Cc3cc(F)c(OC(F)(F)F)c(F)c3)CC2)CC1. The van der Waals surface area contributed by atoms with Crippen LogP contribution in [0.15, 0.2) is 24.3 Å². The zero-order valence-corrected chi connectivity index (χ0v) is 21.3. The number of benzene rings is 1. The van der Waals surface area contributed by atoms with E-state index < -0.39 is 23.7 Å². The van der Waals surface area contributed by atoms with Gasteiger partial charge in [-0.3, -0.25) is 0 Å². The molecule has 0 amide bonds. The third-order valence-corrected chi connectivity index (χ3v) is 7.94. The molecule has 2 saturated carbocycles. The Morgan fingerprint density at radius 2 is 1.36 bits per heavy atom. The fourth-order valence-electron chi connectivity index (χ4n) is 5.79. The number of allylic oxidation sites excluding steroid dienone is 2. The van der Waals surface area contributed by atoms with E-state index in [1.807, 2.05) is 6.08 Å². The van der Waals surface area contributed by atoms with Crippen LogP contribution in [0.3, 0.4) is 0 Å². The molecule has 0 heterocycles. The molecule has 1 aromatic rings. The van der Waals surface area contributed by atoms with Crippen molar-refractivity contribution in [2.45, 2.75) is 103 Å². The van der Waals surface area contributed by atoms with Crippen molar-refractivity contribution in [3.8, 4) is 17.6 Å². The number of rotatable bonds is 9. The fraction of sp³-hybridized carbons (Fsp3) is 0.667. The van der Waals surface area contributed by atoms with Gasteiger partial charge in [-0.2, -0.15) is 0 Å². The highest BCUT2D eigenvalue weighted by molar-refractivity contribution is 5.42. The van der Waals surface area contributed by atoms with Gasteiger partial charge in [0.05, 0.1) is 0 Å². The minimum Gasteiger partial charge on any atom is -0.399 e. The van der Waals surface area contributed by atoms with Crippen molar-refractivity contribution >= 4 is 0 Å². The summed E-state index contributed by atoms with van der Waals surface area (Å²) in [5, 5.41) is 0. The van der Waals surface area contributed by atoms with Crippen LogP contribution in [-0.4, -0.2) is 6.36 Å². The second-order valence-corrected chi connectivity index (χ2v) is 10.7. The second-order valence-electron chi connectivity index (χ2n) is 10.7. The van der Waals surface area contributed by atoms with Crippen LogP contribution < -0.4 is 4.74 Å². The molecule has 0 N–H and O–H groups in total. The van der Waals surface area contributed by atoms with Gasteiger partial charge in [0.1, 0.15) is 0 Å². The first-order valence-electron chi connectivity index (χ1n) is 13.7. The molecule has 36 heavy (non-hydrogen) atoms. The fourth-order valence-corrected chi connectivity index (χ4v) is 5.79. The molecule has 1 nitrogen and oxygen atoms in total. The highest BCUT2D eigenvalue weighted by Crippen LogP contribution is 2.38. The lowest BCUT2D eigenvalue weighted by Crippen LogP contribution is -2.19. The van der Waals surface area contributed by atoms with Gasteiger partial charge in [-0.15, -0.1) is 13.2 Å². The minimum absolute atomic E-state index is 0.0390. The molecule has 200 valence electrons. The van der Waals surface area contributed by atoms with Crippen LogP contribution in [0.1, 0.15) is 102 Å². The summed E-state index contributed by atoms with van der Waals surface area (Å²) in [6.45, 7) is 2.27. The molecule has 0 unspecified atom stereocenters. The third-order valence-electron chi connectivity index (χ3n) is 7.94. The Morgan fingerprint density at radius 3 is 1.89 bits per heavy atom. The van der Waals surface area contributed by atoms with Gasteiger partial charge in [0, 0.05) is 5.56 Å². The van der Waals surface area contributed by atoms with Gasteiger partial charge in [0.15, 0.2) is 11.6 Å². The van der Waals surface area contributed by atoms with Crippen molar-refractivity contribution < 1.29 is 26.7 Å². The molecule has 0 bridgehead atoms. The van der Waals surface area contributed by atoms with E-state index in [4.69, 9.17) is 0 Å². The summed E-state index contributed by atoms with van der Waals surface area (Å²) in [7, 11) is 0. The summed E-state index contributed by atoms with van der Waals surface area (Å²) in [6, 6.07) is 1.49. The van der Waals surface area contributed by atoms with Crippen LogP contribution in [0.5, 0.6) is 5.75 Å². The average molecular weight is 511 g/mol. The lowest BCUT2D eigenvalue weighted by molar-refractivity contribution is -0.276. The quantitative estimate of drug-likeness (QED) is 0.182. The Morgan fingerprint density at radius 1 is 0.833 bits per heavy atom. The summed E-state index contributed by atoms with van der Waals surface area (Å²) in [5.74, 6) is 4.15. The van der Waals surface area contributed by atoms with Crippen molar-refractivity contribution in [3.63, 3.8) is 0 Å². The molecule has 0 saturated heterocycles. The Hall–Kier alpha value is -2.03. The highest BCUT2D eigenvalue weighted by atomic mass is 19.4. The molecule has 0 aliphatic heterocycles. The molecule has 0 aromatic heterocycles.